The summed E-state index contributed by atoms with van der Waals surface area (Å²) in [6.45, 7) is 0. The maximum Gasteiger partial charge on any atom is 0.164 e. The molecular formula is C57H42N6. The van der Waals surface area contributed by atoms with Crippen LogP contribution in [-0.4, -0.2) is 21.0 Å². The van der Waals surface area contributed by atoms with Crippen molar-refractivity contribution < 1.29 is 1.37 Å². The van der Waals surface area contributed by atoms with E-state index in [1.165, 1.54) is 5.56 Å². The SMILES string of the molecule is [2H]c1cc(-c2nc(-c3ccccc3)nc(-c3ccccc3)n2)ccc1N1c2ccc(N(c3ccccc3)c3ccccc3)cc2C2C=C(N(c3ccccc3)c3ccccc3)C=C[13CH]21. The molecule has 63 heavy (non-hydrogen) atoms. The summed E-state index contributed by atoms with van der Waals surface area (Å²) in [5, 5.41) is 0. The maximum atomic E-state index is 9.71. The molecule has 2 heterocycles. The van der Waals surface area contributed by atoms with Crippen LogP contribution in [0.15, 0.2) is 248 Å². The van der Waals surface area contributed by atoms with Crippen molar-refractivity contribution in [1.29, 1.82) is 0 Å². The first-order valence-corrected chi connectivity index (χ1v) is 21.3. The minimum atomic E-state index is -0.0919. The predicted molar refractivity (Wildman–Crippen MR) is 258 cm³/mol. The first-order valence-electron chi connectivity index (χ1n) is 21.8. The van der Waals surface area contributed by atoms with Gasteiger partial charge >= 0.3 is 0 Å². The lowest BCUT2D eigenvalue weighted by molar-refractivity contribution is 0.736. The van der Waals surface area contributed by atoms with Crippen LogP contribution in [0.2, 0.25) is 0 Å². The van der Waals surface area contributed by atoms with Gasteiger partial charge in [-0.25, -0.2) is 15.0 Å². The fourth-order valence-corrected chi connectivity index (χ4v) is 8.79. The van der Waals surface area contributed by atoms with E-state index in [-0.39, 0.29) is 12.0 Å². The quantitative estimate of drug-likeness (QED) is 0.128. The summed E-state index contributed by atoms with van der Waals surface area (Å²) >= 11 is 0. The Morgan fingerprint density at radius 1 is 0.429 bits per heavy atom. The molecule has 1 aliphatic heterocycles. The Bertz CT molecular complexity index is 2990. The lowest BCUT2D eigenvalue weighted by atomic mass is 9.98. The second kappa shape index (κ2) is 16.6. The average Bonchev–Trinajstić information content (AvgIpc) is 3.68. The largest absolute Gasteiger partial charge is 0.333 e. The lowest BCUT2D eigenvalue weighted by Crippen LogP contribution is -2.30. The summed E-state index contributed by atoms with van der Waals surface area (Å²) < 4.78 is 9.71. The summed E-state index contributed by atoms with van der Waals surface area (Å²) in [6.07, 6.45) is 6.95. The highest BCUT2D eigenvalue weighted by Gasteiger charge is 2.40. The molecule has 0 bridgehead atoms. The van der Waals surface area contributed by atoms with Crippen molar-refractivity contribution in [2.45, 2.75) is 12.0 Å². The van der Waals surface area contributed by atoms with E-state index in [0.717, 1.165) is 62.2 Å². The molecule has 2 aliphatic rings. The third kappa shape index (κ3) is 7.34. The number of rotatable bonds is 10. The molecule has 11 rings (SSSR count). The zero-order valence-corrected chi connectivity index (χ0v) is 34.4. The molecule has 9 aromatic rings. The van der Waals surface area contributed by atoms with Gasteiger partial charge in [-0.2, -0.15) is 0 Å². The van der Waals surface area contributed by atoms with Gasteiger partial charge in [0.2, 0.25) is 0 Å². The Balaban J connectivity index is 1.04. The number of fused-ring (bicyclic) bond motifs is 3. The molecule has 2 unspecified atom stereocenters. The van der Waals surface area contributed by atoms with Crippen LogP contribution in [0.1, 0.15) is 12.9 Å². The van der Waals surface area contributed by atoms with Crippen LogP contribution in [0, 0.1) is 0 Å². The molecule has 1 aliphatic carbocycles. The van der Waals surface area contributed by atoms with Crippen LogP contribution in [0.25, 0.3) is 34.2 Å². The molecule has 0 saturated heterocycles. The van der Waals surface area contributed by atoms with Gasteiger partial charge in [0, 0.05) is 68.1 Å². The number of hydrogen-bond donors (Lipinski definition) is 0. The zero-order valence-electron chi connectivity index (χ0n) is 35.4. The van der Waals surface area contributed by atoms with E-state index in [9.17, 15) is 1.37 Å². The first kappa shape index (κ1) is 36.5. The van der Waals surface area contributed by atoms with Crippen molar-refractivity contribution in [2.24, 2.45) is 0 Å². The average molecular weight is 813 g/mol. The Morgan fingerprint density at radius 2 is 0.873 bits per heavy atom. The van der Waals surface area contributed by atoms with Crippen molar-refractivity contribution >= 4 is 39.8 Å². The third-order valence-electron chi connectivity index (χ3n) is 11.7. The van der Waals surface area contributed by atoms with Gasteiger partial charge < -0.3 is 14.7 Å². The van der Waals surface area contributed by atoms with Crippen LogP contribution in [0.3, 0.4) is 0 Å². The minimum absolute atomic E-state index is 0.0391. The number of allylic oxidation sites excluding steroid dienone is 1. The van der Waals surface area contributed by atoms with Gasteiger partial charge in [-0.1, -0.05) is 146 Å². The summed E-state index contributed by atoms with van der Waals surface area (Å²) in [4.78, 5) is 21.8. The molecular weight excluding hydrogens is 770 g/mol. The van der Waals surface area contributed by atoms with E-state index < -0.39 is 0 Å². The smallest absolute Gasteiger partial charge is 0.164 e. The van der Waals surface area contributed by atoms with Crippen LogP contribution in [-0.2, 0) is 0 Å². The molecule has 6 nitrogen and oxygen atoms in total. The molecule has 8 aromatic carbocycles. The standard InChI is InChI=1S/C57H42N6/c1-7-19-41(20-8-1)55-58-56(42-21-9-2-10-22-42)60-57(59-55)43-31-33-48(34-32-43)63-53-37-35-49(61(44-23-11-3-12-24-44)45-25-13-4-14-26-45)39-51(53)52-40-50(36-38-54(52)63)62(46-27-15-5-16-28-46)47-29-17-6-18-30-47/h1-40,51,53H/i33D,53+1. The van der Waals surface area contributed by atoms with Gasteiger partial charge in [-0.3, -0.25) is 0 Å². The Kier molecular flexibility index (Phi) is 9.62. The zero-order chi connectivity index (χ0) is 42.8. The van der Waals surface area contributed by atoms with E-state index in [4.69, 9.17) is 15.0 Å². The number of hydrogen-bond acceptors (Lipinski definition) is 6. The minimum Gasteiger partial charge on any atom is -0.333 e. The third-order valence-corrected chi connectivity index (χ3v) is 11.7. The number of anilines is 7. The maximum absolute atomic E-state index is 9.71. The van der Waals surface area contributed by atoms with Crippen molar-refractivity contribution in [3.8, 4) is 34.2 Å². The van der Waals surface area contributed by atoms with Gasteiger partial charge in [0.1, 0.15) is 0 Å². The predicted octanol–water partition coefficient (Wildman–Crippen LogP) is 14.2. The molecule has 0 radical (unpaired) electrons. The number of aromatic nitrogens is 3. The van der Waals surface area contributed by atoms with E-state index in [2.05, 4.69) is 179 Å². The molecule has 0 fully saturated rings. The molecule has 300 valence electrons. The molecule has 0 spiro atoms. The molecule has 6 heteroatoms. The van der Waals surface area contributed by atoms with Gasteiger partial charge in [0.25, 0.3) is 0 Å². The fraction of sp³-hybridized carbons (Fsp3) is 0.0351. The van der Waals surface area contributed by atoms with Crippen LogP contribution in [0.4, 0.5) is 39.8 Å². The highest BCUT2D eigenvalue weighted by Crippen LogP contribution is 2.51. The number of benzene rings is 8. The fourth-order valence-electron chi connectivity index (χ4n) is 8.79. The topological polar surface area (TPSA) is 48.4 Å². The van der Waals surface area contributed by atoms with Crippen molar-refractivity contribution in [2.75, 3.05) is 14.7 Å². The second-order valence-corrected chi connectivity index (χ2v) is 15.6. The molecule has 1 aromatic heterocycles. The molecule has 0 saturated carbocycles. The van der Waals surface area contributed by atoms with E-state index in [1.54, 1.807) is 0 Å². The van der Waals surface area contributed by atoms with Gasteiger partial charge in [-0.05, 0) is 103 Å². The van der Waals surface area contributed by atoms with Crippen molar-refractivity contribution in [3.05, 3.63) is 254 Å². The normalized spacial score (nSPS) is 15.2. The number of para-hydroxylation sites is 4. The van der Waals surface area contributed by atoms with Gasteiger partial charge in [0.05, 0.1) is 7.41 Å². The second-order valence-electron chi connectivity index (χ2n) is 15.6. The first-order chi connectivity index (χ1) is 31.7. The Labute approximate surface area is 369 Å². The Hall–Kier alpha value is -8.35. The molecule has 0 N–H and O–H groups in total. The highest BCUT2D eigenvalue weighted by atomic mass is 15.4. The summed E-state index contributed by atoms with van der Waals surface area (Å²) in [5.74, 6) is 1.65. The van der Waals surface area contributed by atoms with Crippen molar-refractivity contribution in [3.63, 3.8) is 0 Å². The Morgan fingerprint density at radius 3 is 1.35 bits per heavy atom. The summed E-state index contributed by atoms with van der Waals surface area (Å²) in [7, 11) is 0. The number of nitrogens with zero attached hydrogens (tertiary/aromatic N) is 6. The van der Waals surface area contributed by atoms with Gasteiger partial charge in [-0.15, -0.1) is 0 Å². The van der Waals surface area contributed by atoms with Gasteiger partial charge in [0.15, 0.2) is 17.5 Å². The van der Waals surface area contributed by atoms with E-state index in [0.29, 0.717) is 23.5 Å². The highest BCUT2D eigenvalue weighted by molar-refractivity contribution is 5.84. The molecule has 0 amide bonds. The van der Waals surface area contributed by atoms with E-state index >= 15 is 0 Å². The van der Waals surface area contributed by atoms with E-state index in [1.807, 2.05) is 72.8 Å². The summed E-state index contributed by atoms with van der Waals surface area (Å²) in [5.41, 5.74) is 12.1. The van der Waals surface area contributed by atoms with Crippen LogP contribution < -0.4 is 14.7 Å². The monoisotopic (exact) mass is 812 g/mol. The van der Waals surface area contributed by atoms with Crippen molar-refractivity contribution in [1.82, 2.24) is 15.0 Å². The molecule has 2 atom stereocenters. The van der Waals surface area contributed by atoms with Crippen LogP contribution in [0.5, 0.6) is 0 Å². The lowest BCUT2D eigenvalue weighted by Gasteiger charge is -2.33. The summed E-state index contributed by atoms with van der Waals surface area (Å²) in [6, 6.07) is 75.2. The van der Waals surface area contributed by atoms with Crippen LogP contribution >= 0.6 is 0 Å².